The third-order valence-corrected chi connectivity index (χ3v) is 3.02. The average Bonchev–Trinajstić information content (AvgIpc) is 2.65. The maximum Gasteiger partial charge on any atom is 0.218 e. The second-order valence-corrected chi connectivity index (χ2v) is 4.61. The van der Waals surface area contributed by atoms with Crippen molar-refractivity contribution in [2.75, 3.05) is 25.0 Å². The first-order valence-electron chi connectivity index (χ1n) is 6.80. The summed E-state index contributed by atoms with van der Waals surface area (Å²) in [6.07, 6.45) is 6.07. The molecular weight excluding hydrogens is 228 g/mol. The van der Waals surface area contributed by atoms with E-state index in [9.17, 15) is 0 Å². The number of ether oxygens (including phenoxy) is 1. The number of rotatable bonds is 5. The summed E-state index contributed by atoms with van der Waals surface area (Å²) in [5, 5.41) is 6.87. The molecule has 0 amide bonds. The van der Waals surface area contributed by atoms with Crippen molar-refractivity contribution in [1.82, 2.24) is 15.3 Å². The Morgan fingerprint density at radius 1 is 1.39 bits per heavy atom. The van der Waals surface area contributed by atoms with Gasteiger partial charge in [-0.15, -0.1) is 0 Å². The predicted octanol–water partition coefficient (Wildman–Crippen LogP) is 1.82. The topological polar surface area (TPSA) is 59.1 Å². The Morgan fingerprint density at radius 3 is 3.22 bits per heavy atom. The summed E-state index contributed by atoms with van der Waals surface area (Å²) in [4.78, 5) is 8.35. The highest BCUT2D eigenvalue weighted by Crippen LogP contribution is 2.15. The minimum atomic E-state index is 0.494. The van der Waals surface area contributed by atoms with Crippen molar-refractivity contribution in [3.63, 3.8) is 0 Å². The van der Waals surface area contributed by atoms with E-state index < -0.39 is 0 Å². The van der Waals surface area contributed by atoms with Crippen LogP contribution in [0, 0.1) is 0 Å². The minimum absolute atomic E-state index is 0.494. The van der Waals surface area contributed by atoms with Gasteiger partial charge in [-0.25, -0.2) is 9.97 Å². The van der Waals surface area contributed by atoms with Crippen LogP contribution in [0.4, 0.5) is 5.82 Å². The summed E-state index contributed by atoms with van der Waals surface area (Å²) in [5.74, 6) is 1.52. The van der Waals surface area contributed by atoms with Crippen molar-refractivity contribution in [2.24, 2.45) is 0 Å². The first-order valence-corrected chi connectivity index (χ1v) is 6.80. The van der Waals surface area contributed by atoms with Gasteiger partial charge in [0.05, 0.1) is 6.61 Å². The van der Waals surface area contributed by atoms with Gasteiger partial charge < -0.3 is 15.4 Å². The molecule has 2 rings (SSSR count). The number of hydrogen-bond acceptors (Lipinski definition) is 5. The molecule has 0 aromatic carbocycles. The van der Waals surface area contributed by atoms with Crippen LogP contribution in [0.1, 0.15) is 32.6 Å². The molecular formula is C13H22N4O. The molecule has 1 aliphatic rings. The highest BCUT2D eigenvalue weighted by Gasteiger charge is 2.12. The molecule has 0 saturated carbocycles. The largest absolute Gasteiger partial charge is 0.478 e. The zero-order chi connectivity index (χ0) is 12.6. The third kappa shape index (κ3) is 4.14. The Bertz CT molecular complexity index is 351. The van der Waals surface area contributed by atoms with Gasteiger partial charge in [-0.3, -0.25) is 0 Å². The molecule has 2 heterocycles. The van der Waals surface area contributed by atoms with Crippen LogP contribution in [0.5, 0.6) is 5.88 Å². The Kier molecular flexibility index (Phi) is 5.20. The molecule has 1 aromatic rings. The van der Waals surface area contributed by atoms with Crippen molar-refractivity contribution in [3.05, 3.63) is 12.4 Å². The fourth-order valence-electron chi connectivity index (χ4n) is 2.08. The Hall–Kier alpha value is -1.36. The number of aromatic nitrogens is 2. The average molecular weight is 250 g/mol. The zero-order valence-corrected chi connectivity index (χ0v) is 11.0. The molecule has 2 N–H and O–H groups in total. The maximum atomic E-state index is 5.51. The van der Waals surface area contributed by atoms with Crippen molar-refractivity contribution >= 4 is 5.82 Å². The van der Waals surface area contributed by atoms with Gasteiger partial charge in [0.15, 0.2) is 0 Å². The van der Waals surface area contributed by atoms with Gasteiger partial charge in [-0.05, 0) is 38.8 Å². The molecule has 1 atom stereocenters. The van der Waals surface area contributed by atoms with Gasteiger partial charge in [0.2, 0.25) is 5.88 Å². The van der Waals surface area contributed by atoms with Crippen molar-refractivity contribution in [3.8, 4) is 5.88 Å². The quantitative estimate of drug-likeness (QED) is 0.834. The predicted molar refractivity (Wildman–Crippen MR) is 71.9 cm³/mol. The third-order valence-electron chi connectivity index (χ3n) is 3.02. The van der Waals surface area contributed by atoms with Crippen LogP contribution in [0.2, 0.25) is 0 Å². The van der Waals surface area contributed by atoms with Crippen LogP contribution in [0.3, 0.4) is 0 Å². The van der Waals surface area contributed by atoms with Gasteiger partial charge in [-0.1, -0.05) is 6.92 Å². The summed E-state index contributed by atoms with van der Waals surface area (Å²) in [6.45, 7) is 4.97. The normalized spacial score (nSPS) is 20.2. The summed E-state index contributed by atoms with van der Waals surface area (Å²) >= 11 is 0. The Morgan fingerprint density at radius 2 is 2.33 bits per heavy atom. The lowest BCUT2D eigenvalue weighted by Crippen LogP contribution is -2.22. The molecule has 0 aliphatic carbocycles. The molecule has 0 bridgehead atoms. The summed E-state index contributed by atoms with van der Waals surface area (Å²) in [6, 6.07) is 2.38. The lowest BCUT2D eigenvalue weighted by molar-refractivity contribution is 0.305. The van der Waals surface area contributed by atoms with Crippen LogP contribution >= 0.6 is 0 Å². The van der Waals surface area contributed by atoms with E-state index in [1.54, 1.807) is 6.33 Å². The fourth-order valence-corrected chi connectivity index (χ4v) is 2.08. The van der Waals surface area contributed by atoms with E-state index in [1.807, 2.05) is 6.07 Å². The molecule has 0 spiro atoms. The van der Waals surface area contributed by atoms with Gasteiger partial charge >= 0.3 is 0 Å². The lowest BCUT2D eigenvalue weighted by Gasteiger charge is -2.16. The molecule has 100 valence electrons. The van der Waals surface area contributed by atoms with Crippen LogP contribution in [-0.4, -0.2) is 35.7 Å². The Labute approximate surface area is 108 Å². The van der Waals surface area contributed by atoms with Gasteiger partial charge in [0.1, 0.15) is 12.1 Å². The van der Waals surface area contributed by atoms with Gasteiger partial charge in [-0.2, -0.15) is 0 Å². The molecule has 1 saturated heterocycles. The number of anilines is 1. The van der Waals surface area contributed by atoms with Crippen molar-refractivity contribution in [2.45, 2.75) is 38.6 Å². The van der Waals surface area contributed by atoms with Gasteiger partial charge in [0.25, 0.3) is 0 Å². The second-order valence-electron chi connectivity index (χ2n) is 4.61. The number of hydrogen-bond donors (Lipinski definition) is 2. The van der Waals surface area contributed by atoms with Crippen LogP contribution in [0.25, 0.3) is 0 Å². The van der Waals surface area contributed by atoms with Crippen LogP contribution < -0.4 is 15.4 Å². The highest BCUT2D eigenvalue weighted by molar-refractivity contribution is 5.38. The summed E-state index contributed by atoms with van der Waals surface area (Å²) in [5.41, 5.74) is 0. The zero-order valence-electron chi connectivity index (χ0n) is 11.0. The smallest absolute Gasteiger partial charge is 0.218 e. The lowest BCUT2D eigenvalue weighted by atomic mass is 10.1. The van der Waals surface area contributed by atoms with Crippen molar-refractivity contribution in [1.29, 1.82) is 0 Å². The van der Waals surface area contributed by atoms with E-state index in [1.165, 1.54) is 12.8 Å². The van der Waals surface area contributed by atoms with Crippen LogP contribution in [0.15, 0.2) is 12.4 Å². The first-order chi connectivity index (χ1) is 8.88. The molecule has 18 heavy (non-hydrogen) atoms. The SMILES string of the molecule is CCCOc1cc(NC2CCCNCC2)ncn1. The molecule has 5 nitrogen and oxygen atoms in total. The number of nitrogens with zero attached hydrogens (tertiary/aromatic N) is 2. The first kappa shape index (κ1) is 13.1. The molecule has 0 radical (unpaired) electrons. The highest BCUT2D eigenvalue weighted by atomic mass is 16.5. The van der Waals surface area contributed by atoms with Crippen molar-refractivity contribution < 1.29 is 4.74 Å². The van der Waals surface area contributed by atoms with E-state index >= 15 is 0 Å². The van der Waals surface area contributed by atoms with E-state index in [2.05, 4.69) is 27.5 Å². The van der Waals surface area contributed by atoms with Crippen LogP contribution in [-0.2, 0) is 0 Å². The second kappa shape index (κ2) is 7.16. The molecule has 1 aromatic heterocycles. The standard InChI is InChI=1S/C13H22N4O/c1-2-8-18-13-9-12(15-10-16-13)17-11-4-3-6-14-7-5-11/h9-11,14H,2-8H2,1H3,(H,15,16,17). The molecule has 1 unspecified atom stereocenters. The fraction of sp³-hybridized carbons (Fsp3) is 0.692. The van der Waals surface area contributed by atoms with Gasteiger partial charge in [0, 0.05) is 12.1 Å². The van der Waals surface area contributed by atoms with E-state index in [-0.39, 0.29) is 0 Å². The monoisotopic (exact) mass is 250 g/mol. The summed E-state index contributed by atoms with van der Waals surface area (Å²) < 4.78 is 5.51. The Balaban J connectivity index is 1.91. The summed E-state index contributed by atoms with van der Waals surface area (Å²) in [7, 11) is 0. The molecule has 1 aliphatic heterocycles. The maximum absolute atomic E-state index is 5.51. The molecule has 1 fully saturated rings. The van der Waals surface area contributed by atoms with E-state index in [4.69, 9.17) is 4.74 Å². The van der Waals surface area contributed by atoms with E-state index in [0.717, 1.165) is 31.7 Å². The number of nitrogens with one attached hydrogen (secondary N) is 2. The molecule has 5 heteroatoms. The minimum Gasteiger partial charge on any atom is -0.478 e. The van der Waals surface area contributed by atoms with E-state index in [0.29, 0.717) is 18.5 Å².